The number of anilines is 1. The van der Waals surface area contributed by atoms with Crippen molar-refractivity contribution in [3.8, 4) is 11.5 Å². The van der Waals surface area contributed by atoms with E-state index in [9.17, 15) is 9.59 Å². The van der Waals surface area contributed by atoms with Crippen LogP contribution < -0.4 is 14.4 Å². The van der Waals surface area contributed by atoms with Crippen LogP contribution in [0.5, 0.6) is 11.5 Å². The molecule has 2 heterocycles. The lowest BCUT2D eigenvalue weighted by Crippen LogP contribution is -2.30. The number of rotatable bonds is 7. The molecule has 168 valence electrons. The van der Waals surface area contributed by atoms with Crippen LogP contribution in [0.1, 0.15) is 26.3 Å². The van der Waals surface area contributed by atoms with E-state index >= 15 is 0 Å². The standard InChI is InChI=1S/C24H21N3O5S/c1-30-19-11-18-21(12-20(19)31-2)33-24(26-18)27(14-15-5-4-10-25-13-15)22(28)16-6-8-17(9-7-16)23(29)32-3/h4-13H,14H2,1-3H3. The van der Waals surface area contributed by atoms with Crippen molar-refractivity contribution in [3.63, 3.8) is 0 Å². The second-order valence-electron chi connectivity index (χ2n) is 6.99. The van der Waals surface area contributed by atoms with E-state index in [1.807, 2.05) is 18.2 Å². The molecule has 0 fully saturated rings. The van der Waals surface area contributed by atoms with E-state index in [2.05, 4.69) is 4.98 Å². The number of hydrogen-bond acceptors (Lipinski definition) is 8. The monoisotopic (exact) mass is 463 g/mol. The number of ether oxygens (including phenoxy) is 3. The number of esters is 1. The number of thiazole rings is 1. The summed E-state index contributed by atoms with van der Waals surface area (Å²) in [6.07, 6.45) is 3.39. The first-order valence-electron chi connectivity index (χ1n) is 9.95. The first-order valence-corrected chi connectivity index (χ1v) is 10.8. The van der Waals surface area contributed by atoms with Crippen molar-refractivity contribution in [2.75, 3.05) is 26.2 Å². The number of benzene rings is 2. The molecule has 8 nitrogen and oxygen atoms in total. The summed E-state index contributed by atoms with van der Waals surface area (Å²) in [4.78, 5) is 35.7. The van der Waals surface area contributed by atoms with Crippen molar-refractivity contribution < 1.29 is 23.8 Å². The Morgan fingerprint density at radius 2 is 1.67 bits per heavy atom. The molecular weight excluding hydrogens is 442 g/mol. The molecule has 1 amide bonds. The van der Waals surface area contributed by atoms with Gasteiger partial charge in [-0.3, -0.25) is 14.7 Å². The molecule has 0 aliphatic carbocycles. The number of pyridine rings is 1. The predicted octanol–water partition coefficient (Wildman–Crippen LogP) is 4.34. The zero-order valence-corrected chi connectivity index (χ0v) is 19.1. The highest BCUT2D eigenvalue weighted by atomic mass is 32.1. The van der Waals surface area contributed by atoms with E-state index in [0.717, 1.165) is 10.3 Å². The molecule has 0 aliphatic heterocycles. The third-order valence-corrected chi connectivity index (χ3v) is 6.02. The van der Waals surface area contributed by atoms with Crippen LogP contribution in [0.25, 0.3) is 10.2 Å². The van der Waals surface area contributed by atoms with Gasteiger partial charge in [0.15, 0.2) is 16.6 Å². The maximum Gasteiger partial charge on any atom is 0.337 e. The Bertz CT molecular complexity index is 1250. The molecule has 0 saturated carbocycles. The number of methoxy groups -OCH3 is 3. The molecule has 4 aromatic rings. The van der Waals surface area contributed by atoms with E-state index in [1.165, 1.54) is 18.4 Å². The van der Waals surface area contributed by atoms with Crippen LogP contribution in [0.3, 0.4) is 0 Å². The molecule has 0 aliphatic rings. The van der Waals surface area contributed by atoms with Crippen molar-refractivity contribution in [2.24, 2.45) is 0 Å². The van der Waals surface area contributed by atoms with Crippen LogP contribution in [0.15, 0.2) is 60.9 Å². The lowest BCUT2D eigenvalue weighted by Gasteiger charge is -2.20. The minimum Gasteiger partial charge on any atom is -0.493 e. The van der Waals surface area contributed by atoms with Gasteiger partial charge in [0, 0.05) is 30.1 Å². The Morgan fingerprint density at radius 1 is 0.970 bits per heavy atom. The van der Waals surface area contributed by atoms with Gasteiger partial charge in [0.05, 0.1) is 43.7 Å². The first-order chi connectivity index (χ1) is 16.0. The van der Waals surface area contributed by atoms with E-state index in [1.54, 1.807) is 61.8 Å². The fraction of sp³-hybridized carbons (Fsp3) is 0.167. The smallest absolute Gasteiger partial charge is 0.337 e. The first kappa shape index (κ1) is 22.2. The van der Waals surface area contributed by atoms with Gasteiger partial charge in [-0.1, -0.05) is 17.4 Å². The Balaban J connectivity index is 1.75. The van der Waals surface area contributed by atoms with E-state index < -0.39 is 5.97 Å². The molecule has 0 spiro atoms. The van der Waals surface area contributed by atoms with Crippen LogP contribution in [0.4, 0.5) is 5.13 Å². The summed E-state index contributed by atoms with van der Waals surface area (Å²) in [7, 11) is 4.45. The van der Waals surface area contributed by atoms with Crippen LogP contribution in [-0.2, 0) is 11.3 Å². The minimum atomic E-state index is -0.463. The maximum absolute atomic E-state index is 13.5. The van der Waals surface area contributed by atoms with Crippen LogP contribution in [0.2, 0.25) is 0 Å². The topological polar surface area (TPSA) is 90.9 Å². The summed E-state index contributed by atoms with van der Waals surface area (Å²) >= 11 is 1.37. The van der Waals surface area contributed by atoms with E-state index in [0.29, 0.717) is 33.3 Å². The number of fused-ring (bicyclic) bond motifs is 1. The van der Waals surface area contributed by atoms with Gasteiger partial charge in [0.2, 0.25) is 0 Å². The number of carbonyl (C=O) groups is 2. The Hall–Kier alpha value is -3.98. The number of nitrogens with zero attached hydrogens (tertiary/aromatic N) is 3. The molecule has 0 unspecified atom stereocenters. The zero-order chi connectivity index (χ0) is 23.4. The molecular formula is C24H21N3O5S. The third-order valence-electron chi connectivity index (χ3n) is 4.97. The second-order valence-corrected chi connectivity index (χ2v) is 8.00. The Labute approximate surface area is 194 Å². The van der Waals surface area contributed by atoms with Crippen LogP contribution in [-0.4, -0.2) is 43.2 Å². The average Bonchev–Trinajstić information content (AvgIpc) is 3.28. The summed E-state index contributed by atoms with van der Waals surface area (Å²) in [5, 5.41) is 0.520. The third kappa shape index (κ3) is 4.63. The van der Waals surface area contributed by atoms with Gasteiger partial charge < -0.3 is 14.2 Å². The highest BCUT2D eigenvalue weighted by molar-refractivity contribution is 7.22. The van der Waals surface area contributed by atoms with Gasteiger partial charge in [-0.15, -0.1) is 0 Å². The summed E-state index contributed by atoms with van der Waals surface area (Å²) in [6.45, 7) is 0.277. The Kier molecular flexibility index (Phi) is 6.50. The summed E-state index contributed by atoms with van der Waals surface area (Å²) in [6, 6.07) is 13.7. The fourth-order valence-corrected chi connectivity index (χ4v) is 4.25. The van der Waals surface area contributed by atoms with E-state index in [-0.39, 0.29) is 12.5 Å². The molecule has 4 rings (SSSR count). The quantitative estimate of drug-likeness (QED) is 0.377. The lowest BCUT2D eigenvalue weighted by atomic mass is 10.1. The van der Waals surface area contributed by atoms with Crippen molar-refractivity contribution in [1.29, 1.82) is 0 Å². The Morgan fingerprint density at radius 3 is 2.30 bits per heavy atom. The minimum absolute atomic E-state index is 0.256. The molecule has 0 N–H and O–H groups in total. The van der Waals surface area contributed by atoms with Crippen molar-refractivity contribution in [1.82, 2.24) is 9.97 Å². The molecule has 0 bridgehead atoms. The highest BCUT2D eigenvalue weighted by Crippen LogP contribution is 2.38. The molecule has 0 atom stereocenters. The number of aromatic nitrogens is 2. The molecule has 9 heteroatoms. The number of amides is 1. The largest absolute Gasteiger partial charge is 0.493 e. The second kappa shape index (κ2) is 9.66. The van der Waals surface area contributed by atoms with Crippen LogP contribution in [0, 0.1) is 0 Å². The van der Waals surface area contributed by atoms with Gasteiger partial charge >= 0.3 is 5.97 Å². The highest BCUT2D eigenvalue weighted by Gasteiger charge is 2.23. The van der Waals surface area contributed by atoms with Crippen molar-refractivity contribution in [2.45, 2.75) is 6.54 Å². The summed E-state index contributed by atoms with van der Waals surface area (Å²) < 4.78 is 16.4. The predicted molar refractivity (Wildman–Crippen MR) is 125 cm³/mol. The van der Waals surface area contributed by atoms with E-state index in [4.69, 9.17) is 19.2 Å². The van der Waals surface area contributed by atoms with Gasteiger partial charge in [-0.2, -0.15) is 0 Å². The van der Waals surface area contributed by atoms with Crippen LogP contribution >= 0.6 is 11.3 Å². The summed E-state index contributed by atoms with van der Waals surface area (Å²) in [5.41, 5.74) is 2.33. The van der Waals surface area contributed by atoms with Crippen molar-refractivity contribution >= 4 is 38.6 Å². The molecule has 2 aromatic heterocycles. The summed E-state index contributed by atoms with van der Waals surface area (Å²) in [5.74, 6) is 0.428. The normalized spacial score (nSPS) is 10.6. The molecule has 0 radical (unpaired) electrons. The van der Waals surface area contributed by atoms with Gasteiger partial charge in [0.25, 0.3) is 5.91 Å². The van der Waals surface area contributed by atoms with Gasteiger partial charge in [-0.05, 0) is 35.9 Å². The fourth-order valence-electron chi connectivity index (χ4n) is 3.28. The van der Waals surface area contributed by atoms with Crippen molar-refractivity contribution in [3.05, 3.63) is 77.6 Å². The molecule has 33 heavy (non-hydrogen) atoms. The average molecular weight is 464 g/mol. The number of carbonyl (C=O) groups excluding carboxylic acids is 2. The zero-order valence-electron chi connectivity index (χ0n) is 18.3. The van der Waals surface area contributed by atoms with Gasteiger partial charge in [0.1, 0.15) is 0 Å². The molecule has 2 aromatic carbocycles. The molecule has 0 saturated heterocycles. The SMILES string of the molecule is COC(=O)c1ccc(C(=O)N(Cc2cccnc2)c2nc3cc(OC)c(OC)cc3s2)cc1. The van der Waals surface area contributed by atoms with Gasteiger partial charge in [-0.25, -0.2) is 9.78 Å². The maximum atomic E-state index is 13.5. The lowest BCUT2D eigenvalue weighted by molar-refractivity contribution is 0.0600. The number of hydrogen-bond donors (Lipinski definition) is 0.